The minimum absolute atomic E-state index is 0.178. The molecule has 0 spiro atoms. The van der Waals surface area contributed by atoms with Crippen molar-refractivity contribution in [1.29, 1.82) is 0 Å². The van der Waals surface area contributed by atoms with E-state index >= 15 is 0 Å². The van der Waals surface area contributed by atoms with Crippen LogP contribution in [0.3, 0.4) is 0 Å². The number of ether oxygens (including phenoxy) is 1. The Balaban J connectivity index is 1.59. The molecule has 0 aliphatic heterocycles. The molecule has 0 heterocycles. The molecule has 33 heavy (non-hydrogen) atoms. The lowest BCUT2D eigenvalue weighted by Gasteiger charge is -2.12. The quantitative estimate of drug-likeness (QED) is 0.304. The summed E-state index contributed by atoms with van der Waals surface area (Å²) in [5.41, 5.74) is 6.05. The molecule has 3 aromatic rings. The maximum atomic E-state index is 12.3. The smallest absolute Gasteiger partial charge is 0.271 e. The van der Waals surface area contributed by atoms with Crippen molar-refractivity contribution >= 4 is 58.5 Å². The maximum absolute atomic E-state index is 12.3. The molecule has 0 aliphatic rings. The van der Waals surface area contributed by atoms with Gasteiger partial charge in [-0.3, -0.25) is 9.59 Å². The van der Waals surface area contributed by atoms with Crippen molar-refractivity contribution in [1.82, 2.24) is 5.43 Å². The highest BCUT2D eigenvalue weighted by atomic mass is 35.5. The summed E-state index contributed by atoms with van der Waals surface area (Å²) in [7, 11) is 0. The number of rotatable bonds is 7. The number of carbonyl (C=O) groups excluding carboxylic acids is 2. The summed E-state index contributed by atoms with van der Waals surface area (Å²) in [6, 6.07) is 15.3. The second kappa shape index (κ2) is 11.2. The van der Waals surface area contributed by atoms with Gasteiger partial charge in [0.15, 0.2) is 12.4 Å². The topological polar surface area (TPSA) is 79.8 Å². The van der Waals surface area contributed by atoms with Crippen molar-refractivity contribution in [3.8, 4) is 5.75 Å². The van der Waals surface area contributed by atoms with Crippen LogP contribution in [0.1, 0.15) is 27.0 Å². The largest absolute Gasteiger partial charge is 0.481 e. The standard InChI is InChI=1S/C24H20Cl3N3O3/c1-14-3-4-15(2)21(9-14)29-22(31)13-33-23-19(26)10-16(11-20(23)27)12-28-30-24(32)17-5-7-18(25)8-6-17/h3-12H,13H2,1-2H3,(H,29,31)(H,30,32)/b28-12+. The van der Waals surface area contributed by atoms with Gasteiger partial charge in [0.25, 0.3) is 11.8 Å². The second-order valence-electron chi connectivity index (χ2n) is 7.17. The third kappa shape index (κ3) is 6.96. The summed E-state index contributed by atoms with van der Waals surface area (Å²) in [4.78, 5) is 24.4. The molecule has 0 atom stereocenters. The summed E-state index contributed by atoms with van der Waals surface area (Å²) in [6.07, 6.45) is 1.39. The molecule has 0 aromatic heterocycles. The number of anilines is 1. The highest BCUT2D eigenvalue weighted by molar-refractivity contribution is 6.37. The molecule has 6 nitrogen and oxygen atoms in total. The van der Waals surface area contributed by atoms with Gasteiger partial charge in [0.1, 0.15) is 0 Å². The minimum atomic E-state index is -0.394. The van der Waals surface area contributed by atoms with E-state index in [4.69, 9.17) is 39.5 Å². The monoisotopic (exact) mass is 503 g/mol. The molecule has 2 N–H and O–H groups in total. The first-order valence-corrected chi connectivity index (χ1v) is 10.9. The Kier molecular flexibility index (Phi) is 8.33. The zero-order valence-electron chi connectivity index (χ0n) is 17.8. The van der Waals surface area contributed by atoms with Crippen LogP contribution >= 0.6 is 34.8 Å². The van der Waals surface area contributed by atoms with E-state index in [1.807, 2.05) is 32.0 Å². The van der Waals surface area contributed by atoms with Crippen molar-refractivity contribution < 1.29 is 14.3 Å². The van der Waals surface area contributed by atoms with Crippen LogP contribution in [-0.2, 0) is 4.79 Å². The van der Waals surface area contributed by atoms with Crippen LogP contribution in [0.5, 0.6) is 5.75 Å². The molecule has 0 bridgehead atoms. The van der Waals surface area contributed by atoms with Gasteiger partial charge in [0, 0.05) is 16.3 Å². The van der Waals surface area contributed by atoms with Gasteiger partial charge < -0.3 is 10.1 Å². The third-order valence-corrected chi connectivity index (χ3v) is 5.33. The molecule has 0 unspecified atom stereocenters. The summed E-state index contributed by atoms with van der Waals surface area (Å²) in [6.45, 7) is 3.58. The van der Waals surface area contributed by atoms with E-state index in [9.17, 15) is 9.59 Å². The first kappa shape index (κ1) is 24.6. The molecule has 2 amide bonds. The average molecular weight is 505 g/mol. The number of hydrazone groups is 1. The van der Waals surface area contributed by atoms with Gasteiger partial charge >= 0.3 is 0 Å². The van der Waals surface area contributed by atoms with Crippen molar-refractivity contribution in [2.24, 2.45) is 5.10 Å². The van der Waals surface area contributed by atoms with E-state index < -0.39 is 5.91 Å². The Bertz CT molecular complexity index is 1190. The Morgan fingerprint density at radius 3 is 2.30 bits per heavy atom. The lowest BCUT2D eigenvalue weighted by molar-refractivity contribution is -0.118. The van der Waals surface area contributed by atoms with Crippen LogP contribution in [0.25, 0.3) is 0 Å². The predicted molar refractivity (Wildman–Crippen MR) is 133 cm³/mol. The number of aryl methyl sites for hydroxylation is 2. The molecular weight excluding hydrogens is 485 g/mol. The summed E-state index contributed by atoms with van der Waals surface area (Å²) in [5.74, 6) is -0.557. The minimum Gasteiger partial charge on any atom is -0.481 e. The van der Waals surface area contributed by atoms with Crippen molar-refractivity contribution in [3.05, 3.63) is 91.9 Å². The summed E-state index contributed by atoms with van der Waals surface area (Å²) >= 11 is 18.4. The highest BCUT2D eigenvalue weighted by Gasteiger charge is 2.13. The predicted octanol–water partition coefficient (Wildman–Crippen LogP) is 6.05. The number of nitrogens with zero attached hydrogens (tertiary/aromatic N) is 1. The SMILES string of the molecule is Cc1ccc(C)c(NC(=O)COc2c(Cl)cc(/C=N/NC(=O)c3ccc(Cl)cc3)cc2Cl)c1. The third-order valence-electron chi connectivity index (χ3n) is 4.52. The van der Waals surface area contributed by atoms with Gasteiger partial charge in [0.2, 0.25) is 0 Å². The van der Waals surface area contributed by atoms with Gasteiger partial charge in [-0.25, -0.2) is 5.43 Å². The zero-order chi connectivity index (χ0) is 24.0. The van der Waals surface area contributed by atoms with E-state index in [-0.39, 0.29) is 28.3 Å². The fraction of sp³-hybridized carbons (Fsp3) is 0.125. The van der Waals surface area contributed by atoms with Crippen LogP contribution in [0.4, 0.5) is 5.69 Å². The Morgan fingerprint density at radius 2 is 1.64 bits per heavy atom. The maximum Gasteiger partial charge on any atom is 0.271 e. The van der Waals surface area contributed by atoms with Gasteiger partial charge in [0.05, 0.1) is 16.3 Å². The fourth-order valence-electron chi connectivity index (χ4n) is 2.82. The molecule has 3 rings (SSSR count). The van der Waals surface area contributed by atoms with E-state index in [1.54, 1.807) is 36.4 Å². The van der Waals surface area contributed by atoms with Gasteiger partial charge in [-0.2, -0.15) is 5.10 Å². The van der Waals surface area contributed by atoms with Crippen LogP contribution in [0, 0.1) is 13.8 Å². The highest BCUT2D eigenvalue weighted by Crippen LogP contribution is 2.34. The molecule has 0 saturated carbocycles. The fourth-order valence-corrected chi connectivity index (χ4v) is 3.56. The Hall–Kier alpha value is -3.06. The Morgan fingerprint density at radius 1 is 0.970 bits per heavy atom. The number of carbonyl (C=O) groups is 2. The van der Waals surface area contributed by atoms with E-state index in [0.717, 1.165) is 11.1 Å². The van der Waals surface area contributed by atoms with E-state index in [0.29, 0.717) is 21.8 Å². The molecule has 0 saturated heterocycles. The van der Waals surface area contributed by atoms with Crippen molar-refractivity contribution in [2.75, 3.05) is 11.9 Å². The van der Waals surface area contributed by atoms with Crippen LogP contribution in [0.2, 0.25) is 15.1 Å². The summed E-state index contributed by atoms with van der Waals surface area (Å²) in [5, 5.41) is 7.65. The lowest BCUT2D eigenvalue weighted by atomic mass is 10.1. The number of benzene rings is 3. The molecular formula is C24H20Cl3N3O3. The molecule has 3 aromatic carbocycles. The lowest BCUT2D eigenvalue weighted by Crippen LogP contribution is -2.21. The van der Waals surface area contributed by atoms with E-state index in [2.05, 4.69) is 15.8 Å². The van der Waals surface area contributed by atoms with Crippen LogP contribution in [0.15, 0.2) is 59.7 Å². The number of hydrogen-bond donors (Lipinski definition) is 2. The summed E-state index contributed by atoms with van der Waals surface area (Å²) < 4.78 is 5.54. The first-order chi connectivity index (χ1) is 15.7. The van der Waals surface area contributed by atoms with Crippen LogP contribution in [-0.4, -0.2) is 24.6 Å². The molecule has 0 fully saturated rings. The van der Waals surface area contributed by atoms with Crippen LogP contribution < -0.4 is 15.5 Å². The van der Waals surface area contributed by atoms with Crippen molar-refractivity contribution in [2.45, 2.75) is 13.8 Å². The molecule has 9 heteroatoms. The Labute approximate surface area is 206 Å². The molecule has 0 radical (unpaired) electrons. The molecule has 0 aliphatic carbocycles. The first-order valence-electron chi connectivity index (χ1n) is 9.81. The number of nitrogens with one attached hydrogen (secondary N) is 2. The average Bonchev–Trinajstić information content (AvgIpc) is 2.76. The van der Waals surface area contributed by atoms with Gasteiger partial charge in [-0.1, -0.05) is 46.9 Å². The number of amides is 2. The zero-order valence-corrected chi connectivity index (χ0v) is 20.1. The van der Waals surface area contributed by atoms with Gasteiger partial charge in [-0.15, -0.1) is 0 Å². The number of halogens is 3. The number of hydrogen-bond acceptors (Lipinski definition) is 4. The molecule has 170 valence electrons. The normalized spacial score (nSPS) is 10.8. The second-order valence-corrected chi connectivity index (χ2v) is 8.43. The van der Waals surface area contributed by atoms with Gasteiger partial charge in [-0.05, 0) is 73.0 Å². The van der Waals surface area contributed by atoms with E-state index in [1.165, 1.54) is 6.21 Å². The van der Waals surface area contributed by atoms with Crippen molar-refractivity contribution in [3.63, 3.8) is 0 Å².